The molecule has 0 bridgehead atoms. The van der Waals surface area contributed by atoms with Crippen LogP contribution < -0.4 is 5.32 Å². The minimum atomic E-state index is -2.82. The molecule has 158 valence electrons. The fourth-order valence-electron chi connectivity index (χ4n) is 3.55. The minimum absolute atomic E-state index is 0.0230. The van der Waals surface area contributed by atoms with E-state index >= 15 is 0 Å². The average Bonchev–Trinajstić information content (AvgIpc) is 2.66. The first-order valence-corrected chi connectivity index (χ1v) is 9.97. The van der Waals surface area contributed by atoms with Gasteiger partial charge < -0.3 is 15.1 Å². The van der Waals surface area contributed by atoms with Crippen molar-refractivity contribution in [2.75, 3.05) is 14.1 Å². The maximum Gasteiger partial charge on any atom is 0.270 e. The van der Waals surface area contributed by atoms with Gasteiger partial charge in [-0.25, -0.2) is 8.78 Å². The van der Waals surface area contributed by atoms with E-state index in [1.807, 2.05) is 32.8 Å². The van der Waals surface area contributed by atoms with Crippen molar-refractivity contribution < 1.29 is 19.0 Å². The summed E-state index contributed by atoms with van der Waals surface area (Å²) in [6.07, 6.45) is 3.10. The molecule has 0 saturated heterocycles. The zero-order valence-electron chi connectivity index (χ0n) is 17.5. The van der Waals surface area contributed by atoms with Crippen molar-refractivity contribution in [3.05, 3.63) is 41.5 Å². The Labute approximate surface area is 167 Å². The number of alkyl halides is 2. The maximum atomic E-state index is 13.4. The highest BCUT2D eigenvalue weighted by Crippen LogP contribution is 2.31. The number of nitrogens with one attached hydrogen (secondary N) is 1. The van der Waals surface area contributed by atoms with Crippen LogP contribution in [0.4, 0.5) is 8.78 Å². The molecule has 0 spiro atoms. The Bertz CT molecular complexity index is 655. The van der Waals surface area contributed by atoms with E-state index in [1.165, 1.54) is 12.1 Å². The average molecular weight is 397 g/mol. The van der Waals surface area contributed by atoms with Gasteiger partial charge >= 0.3 is 0 Å². The van der Waals surface area contributed by atoms with E-state index in [1.54, 1.807) is 12.1 Å². The second-order valence-corrected chi connectivity index (χ2v) is 8.33. The van der Waals surface area contributed by atoms with Gasteiger partial charge in [-0.15, -0.1) is 0 Å². The number of aliphatic hydroxyl groups excluding tert-OH is 2. The number of hydrogen-bond acceptors (Lipinski definition) is 4. The molecule has 4 unspecified atom stereocenters. The molecule has 1 aliphatic carbocycles. The molecule has 4 nitrogen and oxygen atoms in total. The zero-order chi connectivity index (χ0) is 21.1. The molecule has 0 amide bonds. The third-order valence-electron chi connectivity index (χ3n) is 5.93. The standard InChI is InChI=1S/C22H34F2N2O2/c1-14(20(27)15(2)26(4)5)21(28)25-19-12-8-17(9-13-19)16-6-10-18(11-7-16)22(3,23)24/h6-8,10-11,14-15,19-21,25,27-28H,9,12-13H2,1-5H3/t14-,15?,19?,20?,21?/m1/s1. The number of allylic oxidation sites excluding steroid dienone is 1. The molecule has 0 fully saturated rings. The highest BCUT2D eigenvalue weighted by molar-refractivity contribution is 5.66. The molecule has 28 heavy (non-hydrogen) atoms. The predicted octanol–water partition coefficient (Wildman–Crippen LogP) is 3.59. The molecule has 3 N–H and O–H groups in total. The molecule has 5 atom stereocenters. The lowest BCUT2D eigenvalue weighted by Gasteiger charge is -2.34. The van der Waals surface area contributed by atoms with E-state index in [0.717, 1.165) is 37.3 Å². The second kappa shape index (κ2) is 9.44. The van der Waals surface area contributed by atoms with E-state index in [4.69, 9.17) is 0 Å². The molecule has 0 heterocycles. The highest BCUT2D eigenvalue weighted by atomic mass is 19.3. The summed E-state index contributed by atoms with van der Waals surface area (Å²) in [6.45, 7) is 4.68. The van der Waals surface area contributed by atoms with Crippen molar-refractivity contribution in [3.8, 4) is 0 Å². The van der Waals surface area contributed by atoms with Crippen molar-refractivity contribution in [3.63, 3.8) is 0 Å². The third-order valence-corrected chi connectivity index (χ3v) is 5.93. The molecule has 0 radical (unpaired) electrons. The number of aliphatic hydroxyl groups is 2. The molecule has 0 saturated carbocycles. The van der Waals surface area contributed by atoms with Crippen LogP contribution in [0.1, 0.15) is 51.2 Å². The summed E-state index contributed by atoms with van der Waals surface area (Å²) in [6, 6.07) is 6.55. The number of likely N-dealkylation sites (N-methyl/N-ethyl adjacent to an activating group) is 1. The van der Waals surface area contributed by atoms with Gasteiger partial charge in [-0.05, 0) is 51.4 Å². The van der Waals surface area contributed by atoms with Gasteiger partial charge in [0.05, 0.1) is 6.10 Å². The van der Waals surface area contributed by atoms with Crippen LogP contribution in [0.5, 0.6) is 0 Å². The predicted molar refractivity (Wildman–Crippen MR) is 109 cm³/mol. The smallest absolute Gasteiger partial charge is 0.270 e. The monoisotopic (exact) mass is 396 g/mol. The lowest BCUT2D eigenvalue weighted by atomic mass is 9.89. The topological polar surface area (TPSA) is 55.7 Å². The summed E-state index contributed by atoms with van der Waals surface area (Å²) in [5, 5.41) is 24.1. The molecule has 1 aromatic rings. The zero-order valence-corrected chi connectivity index (χ0v) is 17.5. The van der Waals surface area contributed by atoms with Crippen LogP contribution in [-0.2, 0) is 5.92 Å². The van der Waals surface area contributed by atoms with E-state index in [0.29, 0.717) is 0 Å². The molecule has 1 aromatic carbocycles. The number of benzene rings is 1. The van der Waals surface area contributed by atoms with Crippen molar-refractivity contribution in [1.82, 2.24) is 10.2 Å². The molecular formula is C22H34F2N2O2. The van der Waals surface area contributed by atoms with Crippen molar-refractivity contribution in [2.24, 2.45) is 5.92 Å². The second-order valence-electron chi connectivity index (χ2n) is 8.33. The van der Waals surface area contributed by atoms with E-state index in [2.05, 4.69) is 11.4 Å². The van der Waals surface area contributed by atoms with Crippen LogP contribution in [0, 0.1) is 5.92 Å². The van der Waals surface area contributed by atoms with E-state index < -0.39 is 18.3 Å². The van der Waals surface area contributed by atoms with Crippen LogP contribution in [0.25, 0.3) is 5.57 Å². The first-order valence-electron chi connectivity index (χ1n) is 9.97. The lowest BCUT2D eigenvalue weighted by Crippen LogP contribution is -2.50. The Kier molecular flexibility index (Phi) is 7.73. The van der Waals surface area contributed by atoms with Crippen LogP contribution in [0.15, 0.2) is 30.3 Å². The van der Waals surface area contributed by atoms with Gasteiger partial charge in [0.1, 0.15) is 6.23 Å². The van der Waals surface area contributed by atoms with E-state index in [-0.39, 0.29) is 23.6 Å². The fraction of sp³-hybridized carbons (Fsp3) is 0.636. The Balaban J connectivity index is 1.92. The van der Waals surface area contributed by atoms with Gasteiger partial charge in [-0.3, -0.25) is 5.32 Å². The fourth-order valence-corrected chi connectivity index (χ4v) is 3.55. The SMILES string of the molecule is CC(C(O)[C@@H](C)C(O)NC1CC=C(c2ccc(C(C)(F)F)cc2)CC1)N(C)C. The summed E-state index contributed by atoms with van der Waals surface area (Å²) < 4.78 is 26.7. The van der Waals surface area contributed by atoms with Gasteiger partial charge in [-0.2, -0.15) is 0 Å². The Morgan fingerprint density at radius 2 is 1.75 bits per heavy atom. The quantitative estimate of drug-likeness (QED) is 0.588. The third kappa shape index (κ3) is 5.83. The number of hydrogen-bond donors (Lipinski definition) is 3. The summed E-state index contributed by atoms with van der Waals surface area (Å²) in [4.78, 5) is 1.93. The van der Waals surface area contributed by atoms with Crippen LogP contribution in [0.2, 0.25) is 0 Å². The van der Waals surface area contributed by atoms with Gasteiger partial charge in [0, 0.05) is 30.5 Å². The Morgan fingerprint density at radius 3 is 2.21 bits per heavy atom. The molecular weight excluding hydrogens is 362 g/mol. The van der Waals surface area contributed by atoms with Crippen molar-refractivity contribution in [1.29, 1.82) is 0 Å². The lowest BCUT2D eigenvalue weighted by molar-refractivity contribution is -0.0326. The molecule has 6 heteroatoms. The van der Waals surface area contributed by atoms with Crippen molar-refractivity contribution >= 4 is 5.57 Å². The summed E-state index contributed by atoms with van der Waals surface area (Å²) in [5.41, 5.74) is 2.14. The highest BCUT2D eigenvalue weighted by Gasteiger charge is 2.30. The first-order chi connectivity index (χ1) is 13.0. The summed E-state index contributed by atoms with van der Waals surface area (Å²) in [7, 11) is 3.81. The number of nitrogens with zero attached hydrogens (tertiary/aromatic N) is 1. The Hall–Kier alpha value is -1.34. The Morgan fingerprint density at radius 1 is 1.14 bits per heavy atom. The van der Waals surface area contributed by atoms with Crippen LogP contribution in [-0.4, -0.2) is 53.6 Å². The first kappa shape index (κ1) is 22.9. The largest absolute Gasteiger partial charge is 0.391 e. The molecule has 0 aromatic heterocycles. The molecule has 2 rings (SSSR count). The number of rotatable bonds is 8. The number of halogens is 2. The minimum Gasteiger partial charge on any atom is -0.391 e. The van der Waals surface area contributed by atoms with Gasteiger partial charge in [0.15, 0.2) is 0 Å². The van der Waals surface area contributed by atoms with E-state index in [9.17, 15) is 19.0 Å². The van der Waals surface area contributed by atoms with Gasteiger partial charge in [0.2, 0.25) is 0 Å². The normalized spacial score (nSPS) is 22.5. The molecule has 0 aliphatic heterocycles. The van der Waals surface area contributed by atoms with Gasteiger partial charge in [0.25, 0.3) is 5.92 Å². The van der Waals surface area contributed by atoms with Crippen LogP contribution in [0.3, 0.4) is 0 Å². The van der Waals surface area contributed by atoms with Crippen LogP contribution >= 0.6 is 0 Å². The summed E-state index contributed by atoms with van der Waals surface area (Å²) >= 11 is 0. The maximum absolute atomic E-state index is 13.4. The van der Waals surface area contributed by atoms with Gasteiger partial charge in [-0.1, -0.05) is 37.3 Å². The summed E-state index contributed by atoms with van der Waals surface area (Å²) in [5.74, 6) is -3.12. The van der Waals surface area contributed by atoms with Crippen molar-refractivity contribution in [2.45, 2.75) is 70.4 Å². The molecule has 1 aliphatic rings.